The summed E-state index contributed by atoms with van der Waals surface area (Å²) in [5.41, 5.74) is -1.87. The van der Waals surface area contributed by atoms with Crippen molar-refractivity contribution >= 4 is 11.8 Å². The zero-order valence-electron chi connectivity index (χ0n) is 29.0. The molecule has 8 saturated heterocycles. The first-order chi connectivity index (χ1) is 22.5. The molecule has 2 saturated carbocycles. The van der Waals surface area contributed by atoms with Crippen LogP contribution in [0.4, 0.5) is 13.2 Å². The normalized spacial score (nSPS) is 57.4. The molecule has 2 spiro atoms. The van der Waals surface area contributed by atoms with Gasteiger partial charge in [-0.15, -0.1) is 11.8 Å². The fourth-order valence-corrected chi connectivity index (χ4v) is 11.7. The molecule has 0 radical (unpaired) electrons. The summed E-state index contributed by atoms with van der Waals surface area (Å²) in [6.07, 6.45) is -0.729. The van der Waals surface area contributed by atoms with Gasteiger partial charge >= 0.3 is 6.18 Å². The Balaban J connectivity index is 0.979. The van der Waals surface area contributed by atoms with Crippen molar-refractivity contribution in [3.8, 4) is 0 Å². The second-order valence-corrected chi connectivity index (χ2v) is 17.4. The first-order valence-electron chi connectivity index (χ1n) is 17.9. The standard InChI is InChI=1S/C34H51F3O10S/c1-18-8-10-24-20(3)30(7,42-26-31(24)22(18)12-14-28(5,40-26)44-46-31)38-16-48-17-39-33(34(35,36)37)21(4)25-11-9-19(2)23-13-15-29(6)41-27(43-33)32(23,25)47-45-29/h18-27H,8-17H2,1-7H3/t18-,19-,20-,21-,22+,23+,24+,25+,26+,27+,28-,29+,30+,31-,32-,33-/m1/s1. The second kappa shape index (κ2) is 11.4. The fraction of sp³-hybridized carbons (Fsp3) is 1.00. The van der Waals surface area contributed by atoms with Gasteiger partial charge in [0.2, 0.25) is 11.6 Å². The van der Waals surface area contributed by atoms with Crippen LogP contribution < -0.4 is 0 Å². The Bertz CT molecular complexity index is 1260. The van der Waals surface area contributed by atoms with Crippen LogP contribution in [-0.2, 0) is 48.0 Å². The summed E-state index contributed by atoms with van der Waals surface area (Å²) < 4.78 is 83.2. The Hall–Kier alpha value is -0.260. The van der Waals surface area contributed by atoms with Gasteiger partial charge in [-0.2, -0.15) is 13.2 Å². The molecule has 14 heteroatoms. The van der Waals surface area contributed by atoms with E-state index in [0.717, 1.165) is 43.9 Å². The van der Waals surface area contributed by atoms with Crippen LogP contribution in [-0.4, -0.2) is 65.0 Å². The Kier molecular flexibility index (Phi) is 8.24. The largest absolute Gasteiger partial charge is 0.443 e. The van der Waals surface area contributed by atoms with Gasteiger partial charge in [0.1, 0.15) is 0 Å². The molecular weight excluding hydrogens is 657 g/mol. The number of fused-ring (bicyclic) bond motifs is 4. The molecule has 0 N–H and O–H groups in total. The summed E-state index contributed by atoms with van der Waals surface area (Å²) in [6, 6.07) is 0. The maximum atomic E-state index is 15.2. The van der Waals surface area contributed by atoms with Gasteiger partial charge in [0.05, 0.1) is 11.9 Å². The molecule has 48 heavy (non-hydrogen) atoms. The SMILES string of the molecule is C[C@@H]1CC[C@H]2[C@@H](C)[C@@](C)(OCSCO[C@@]3(C(F)(F)F)O[C@@H]4O[C@]5(C)CC[C@H]6[C@H](C)CC[C@@H]([C@H]3C)[C@@]46OO5)O[C@@H]3O[C@@]4(C)CC[C@@H]1[C@]32OO4. The average Bonchev–Trinajstić information content (AvgIpc) is 3.39. The molecule has 10 nitrogen and oxygen atoms in total. The third-order valence-electron chi connectivity index (χ3n) is 14.0. The average molecular weight is 709 g/mol. The monoisotopic (exact) mass is 708 g/mol. The van der Waals surface area contributed by atoms with Crippen LogP contribution in [0.25, 0.3) is 0 Å². The van der Waals surface area contributed by atoms with Crippen molar-refractivity contribution in [1.29, 1.82) is 0 Å². The van der Waals surface area contributed by atoms with Crippen LogP contribution in [0.5, 0.6) is 0 Å². The predicted molar refractivity (Wildman–Crippen MR) is 163 cm³/mol. The number of alkyl halides is 3. The molecule has 0 aromatic rings. The van der Waals surface area contributed by atoms with Crippen molar-refractivity contribution in [3.05, 3.63) is 0 Å². The number of rotatable bonds is 6. The van der Waals surface area contributed by atoms with E-state index in [4.69, 9.17) is 48.0 Å². The Morgan fingerprint density at radius 1 is 0.604 bits per heavy atom. The predicted octanol–water partition coefficient (Wildman–Crippen LogP) is 7.41. The summed E-state index contributed by atoms with van der Waals surface area (Å²) in [7, 11) is 0. The minimum Gasteiger partial charge on any atom is -0.339 e. The van der Waals surface area contributed by atoms with Gasteiger partial charge in [0.15, 0.2) is 29.6 Å². The molecule has 4 bridgehead atoms. The lowest BCUT2D eigenvalue weighted by Crippen LogP contribution is -2.76. The highest BCUT2D eigenvalue weighted by Crippen LogP contribution is 2.65. The van der Waals surface area contributed by atoms with Crippen molar-refractivity contribution in [3.63, 3.8) is 0 Å². The first-order valence-corrected chi connectivity index (χ1v) is 19.1. The Morgan fingerprint density at radius 2 is 1.10 bits per heavy atom. The molecule has 10 fully saturated rings. The van der Waals surface area contributed by atoms with Gasteiger partial charge in [-0.1, -0.05) is 27.7 Å². The van der Waals surface area contributed by atoms with Crippen molar-refractivity contribution in [2.45, 2.75) is 153 Å². The summed E-state index contributed by atoms with van der Waals surface area (Å²) in [6.45, 7) is 13.5. The fourth-order valence-electron chi connectivity index (χ4n) is 11.0. The van der Waals surface area contributed by atoms with Crippen LogP contribution in [0, 0.1) is 47.3 Å². The third kappa shape index (κ3) is 4.76. The van der Waals surface area contributed by atoms with Gasteiger partial charge in [-0.25, -0.2) is 19.6 Å². The van der Waals surface area contributed by atoms with E-state index in [1.165, 1.54) is 0 Å². The highest BCUT2D eigenvalue weighted by molar-refractivity contribution is 7.98. The molecule has 0 aromatic carbocycles. The minimum absolute atomic E-state index is 0.0337. The molecule has 10 aliphatic rings. The second-order valence-electron chi connectivity index (χ2n) is 16.5. The van der Waals surface area contributed by atoms with E-state index in [9.17, 15) is 0 Å². The maximum absolute atomic E-state index is 15.2. The summed E-state index contributed by atoms with van der Waals surface area (Å²) in [4.78, 5) is 24.0. The number of thioether (sulfide) groups is 1. The highest BCUT2D eigenvalue weighted by atomic mass is 32.2. The molecule has 8 aliphatic heterocycles. The van der Waals surface area contributed by atoms with E-state index >= 15 is 13.2 Å². The van der Waals surface area contributed by atoms with Crippen LogP contribution in [0.15, 0.2) is 0 Å². The molecule has 16 atom stereocenters. The summed E-state index contributed by atoms with van der Waals surface area (Å²) >= 11 is 1.10. The van der Waals surface area contributed by atoms with Gasteiger partial charge in [0, 0.05) is 36.5 Å². The number of hydrogen-bond acceptors (Lipinski definition) is 11. The Labute approximate surface area is 284 Å². The lowest BCUT2D eigenvalue weighted by molar-refractivity contribution is -0.598. The molecule has 2 aliphatic carbocycles. The molecule has 0 aromatic heterocycles. The summed E-state index contributed by atoms with van der Waals surface area (Å²) in [5.74, 6) is -7.25. The third-order valence-corrected chi connectivity index (χ3v) is 14.6. The van der Waals surface area contributed by atoms with Crippen LogP contribution in [0.1, 0.15) is 99.8 Å². The minimum atomic E-state index is -4.84. The van der Waals surface area contributed by atoms with Gasteiger partial charge in [-0.3, -0.25) is 0 Å². The molecule has 0 amide bonds. The molecular formula is C34H51F3O10S. The molecule has 10 rings (SSSR count). The van der Waals surface area contributed by atoms with Crippen molar-refractivity contribution in [1.82, 2.24) is 0 Å². The topological polar surface area (TPSA) is 92.3 Å². The number of hydrogen-bond donors (Lipinski definition) is 0. The lowest BCUT2D eigenvalue weighted by Gasteiger charge is -2.62. The van der Waals surface area contributed by atoms with E-state index in [-0.39, 0.29) is 41.5 Å². The van der Waals surface area contributed by atoms with E-state index in [1.54, 1.807) is 13.8 Å². The van der Waals surface area contributed by atoms with Gasteiger partial charge < -0.3 is 28.4 Å². The van der Waals surface area contributed by atoms with E-state index in [0.29, 0.717) is 25.2 Å². The number of ether oxygens (including phenoxy) is 6. The zero-order chi connectivity index (χ0) is 34.1. The van der Waals surface area contributed by atoms with Crippen molar-refractivity contribution in [2.24, 2.45) is 47.3 Å². The maximum Gasteiger partial charge on any atom is 0.443 e. The van der Waals surface area contributed by atoms with Crippen LogP contribution in [0.2, 0.25) is 0 Å². The van der Waals surface area contributed by atoms with Gasteiger partial charge in [0.25, 0.3) is 5.79 Å². The van der Waals surface area contributed by atoms with Crippen molar-refractivity contribution in [2.75, 3.05) is 11.9 Å². The van der Waals surface area contributed by atoms with E-state index in [1.807, 2.05) is 13.8 Å². The van der Waals surface area contributed by atoms with Gasteiger partial charge in [-0.05, 0) is 83.0 Å². The summed E-state index contributed by atoms with van der Waals surface area (Å²) in [5, 5.41) is 0. The molecule has 8 heterocycles. The first kappa shape index (κ1) is 34.8. The van der Waals surface area contributed by atoms with Crippen LogP contribution in [0.3, 0.4) is 0 Å². The highest BCUT2D eigenvalue weighted by Gasteiger charge is 2.77. The molecule has 274 valence electrons. The Morgan fingerprint density at radius 3 is 1.65 bits per heavy atom. The lowest BCUT2D eigenvalue weighted by atomic mass is 9.57. The van der Waals surface area contributed by atoms with E-state index < -0.39 is 64.9 Å². The van der Waals surface area contributed by atoms with Crippen molar-refractivity contribution < 1.29 is 61.1 Å². The number of halogens is 3. The van der Waals surface area contributed by atoms with E-state index in [2.05, 4.69) is 20.8 Å². The smallest absolute Gasteiger partial charge is 0.339 e. The quantitative estimate of drug-likeness (QED) is 0.157. The van der Waals surface area contributed by atoms with Crippen LogP contribution >= 0.6 is 11.8 Å². The molecule has 0 unspecified atom stereocenters. The zero-order valence-corrected chi connectivity index (χ0v) is 29.8.